The minimum atomic E-state index is -0.166. The van der Waals surface area contributed by atoms with Crippen LogP contribution in [0.5, 0.6) is 11.6 Å². The van der Waals surface area contributed by atoms with Crippen molar-refractivity contribution in [2.75, 3.05) is 7.11 Å². The number of aromatic nitrogens is 2. The number of nitrogens with zero attached hydrogens (tertiary/aromatic N) is 3. The van der Waals surface area contributed by atoms with E-state index in [1.807, 2.05) is 18.2 Å². The summed E-state index contributed by atoms with van der Waals surface area (Å²) in [6.07, 6.45) is 2.89. The maximum absolute atomic E-state index is 8.72. The molecule has 0 saturated carbocycles. The predicted octanol–water partition coefficient (Wildman–Crippen LogP) is 1.51. The lowest BCUT2D eigenvalue weighted by Crippen LogP contribution is -2.16. The zero-order valence-electron chi connectivity index (χ0n) is 10.9. The third-order valence-corrected chi connectivity index (χ3v) is 2.44. The molecule has 1 aromatic heterocycles. The zero-order chi connectivity index (χ0) is 14.4. The van der Waals surface area contributed by atoms with Gasteiger partial charge >= 0.3 is 0 Å². The highest BCUT2D eigenvalue weighted by Crippen LogP contribution is 2.22. The van der Waals surface area contributed by atoms with Crippen LogP contribution < -0.4 is 10.5 Å². The summed E-state index contributed by atoms with van der Waals surface area (Å²) in [4.78, 5) is 8.01. The van der Waals surface area contributed by atoms with Crippen molar-refractivity contribution in [3.05, 3.63) is 47.9 Å². The summed E-state index contributed by atoms with van der Waals surface area (Å²) in [5.41, 5.74) is 6.65. The Morgan fingerprint density at radius 1 is 1.35 bits per heavy atom. The molecule has 1 aromatic carbocycles. The van der Waals surface area contributed by atoms with E-state index in [2.05, 4.69) is 15.1 Å². The first-order chi connectivity index (χ1) is 9.74. The van der Waals surface area contributed by atoms with Gasteiger partial charge in [-0.3, -0.25) is 0 Å². The molecule has 0 atom stereocenters. The number of hydrogen-bond donors (Lipinski definition) is 2. The second-order valence-corrected chi connectivity index (χ2v) is 3.88. The minimum Gasteiger partial charge on any atom is -0.437 e. The lowest BCUT2D eigenvalue weighted by molar-refractivity contribution is 0.184. The molecule has 104 valence electrons. The highest BCUT2D eigenvalue weighted by Gasteiger charge is 2.12. The first-order valence-corrected chi connectivity index (χ1v) is 5.79. The van der Waals surface area contributed by atoms with Crippen molar-refractivity contribution in [1.29, 1.82) is 0 Å². The molecule has 0 bridgehead atoms. The second-order valence-electron chi connectivity index (χ2n) is 3.88. The maximum Gasteiger partial charge on any atom is 0.249 e. The number of ether oxygens (including phenoxy) is 2. The van der Waals surface area contributed by atoms with Gasteiger partial charge in [0.25, 0.3) is 0 Å². The van der Waals surface area contributed by atoms with Crippen LogP contribution in [0.1, 0.15) is 11.3 Å². The largest absolute Gasteiger partial charge is 0.437 e. The predicted molar refractivity (Wildman–Crippen MR) is 71.8 cm³/mol. The summed E-state index contributed by atoms with van der Waals surface area (Å²) in [6, 6.07) is 7.33. The van der Waals surface area contributed by atoms with Gasteiger partial charge in [-0.15, -0.1) is 0 Å². The average Bonchev–Trinajstić information content (AvgIpc) is 2.48. The van der Waals surface area contributed by atoms with E-state index >= 15 is 0 Å². The first kappa shape index (κ1) is 13.8. The van der Waals surface area contributed by atoms with Crippen LogP contribution in [0.3, 0.4) is 0 Å². The van der Waals surface area contributed by atoms with Gasteiger partial charge in [0.05, 0.1) is 6.61 Å². The molecule has 3 N–H and O–H groups in total. The topological polar surface area (TPSA) is 103 Å². The number of amidine groups is 1. The number of oxime groups is 1. The Bertz CT molecular complexity index is 616. The molecule has 0 aliphatic rings. The molecule has 0 fully saturated rings. The fraction of sp³-hybridized carbons (Fsp3) is 0.154. The van der Waals surface area contributed by atoms with Gasteiger partial charge in [-0.1, -0.05) is 17.3 Å². The molecular weight excluding hydrogens is 260 g/mol. The molecule has 0 aliphatic carbocycles. The van der Waals surface area contributed by atoms with Crippen molar-refractivity contribution in [1.82, 2.24) is 9.97 Å². The fourth-order valence-electron chi connectivity index (χ4n) is 1.60. The van der Waals surface area contributed by atoms with Crippen molar-refractivity contribution in [3.8, 4) is 11.6 Å². The van der Waals surface area contributed by atoms with Gasteiger partial charge in [-0.05, 0) is 17.7 Å². The fourth-order valence-corrected chi connectivity index (χ4v) is 1.60. The van der Waals surface area contributed by atoms with E-state index < -0.39 is 0 Å². The molecule has 2 rings (SSSR count). The van der Waals surface area contributed by atoms with Crippen LogP contribution in [0.25, 0.3) is 0 Å². The van der Waals surface area contributed by atoms with Crippen LogP contribution in [-0.2, 0) is 11.3 Å². The van der Waals surface area contributed by atoms with Crippen LogP contribution in [0.4, 0.5) is 0 Å². The van der Waals surface area contributed by atoms with Crippen molar-refractivity contribution in [3.63, 3.8) is 0 Å². The quantitative estimate of drug-likeness (QED) is 0.371. The van der Waals surface area contributed by atoms with E-state index in [-0.39, 0.29) is 17.4 Å². The molecule has 0 spiro atoms. The Kier molecular flexibility index (Phi) is 4.46. The van der Waals surface area contributed by atoms with E-state index in [0.29, 0.717) is 12.4 Å². The van der Waals surface area contributed by atoms with Gasteiger partial charge in [0.2, 0.25) is 5.88 Å². The van der Waals surface area contributed by atoms with Gasteiger partial charge in [0, 0.05) is 19.5 Å². The monoisotopic (exact) mass is 274 g/mol. The molecule has 0 saturated heterocycles. The molecule has 7 heteroatoms. The number of hydrogen-bond acceptors (Lipinski definition) is 6. The Morgan fingerprint density at radius 3 is 2.90 bits per heavy atom. The lowest BCUT2D eigenvalue weighted by atomic mass is 10.2. The molecule has 0 amide bonds. The van der Waals surface area contributed by atoms with Crippen LogP contribution in [0.2, 0.25) is 0 Å². The SMILES string of the molecule is COCc1cccc(Oc2nccnc2C(N)=NO)c1. The minimum absolute atomic E-state index is 0.164. The summed E-state index contributed by atoms with van der Waals surface area (Å²) < 4.78 is 10.7. The number of benzene rings is 1. The van der Waals surface area contributed by atoms with Crippen LogP contribution >= 0.6 is 0 Å². The third kappa shape index (κ3) is 3.21. The summed E-state index contributed by atoms with van der Waals surface area (Å²) in [5, 5.41) is 11.6. The maximum atomic E-state index is 8.72. The van der Waals surface area contributed by atoms with Crippen LogP contribution in [0.15, 0.2) is 41.8 Å². The van der Waals surface area contributed by atoms with Crippen LogP contribution in [-0.4, -0.2) is 28.1 Å². The summed E-state index contributed by atoms with van der Waals surface area (Å²) >= 11 is 0. The average molecular weight is 274 g/mol. The first-order valence-electron chi connectivity index (χ1n) is 5.79. The van der Waals surface area contributed by atoms with Crippen molar-refractivity contribution in [2.45, 2.75) is 6.61 Å². The zero-order valence-corrected chi connectivity index (χ0v) is 10.9. The van der Waals surface area contributed by atoms with Crippen molar-refractivity contribution >= 4 is 5.84 Å². The van der Waals surface area contributed by atoms with Crippen LogP contribution in [0, 0.1) is 0 Å². The normalized spacial score (nSPS) is 11.3. The van der Waals surface area contributed by atoms with E-state index in [4.69, 9.17) is 20.4 Å². The summed E-state index contributed by atoms with van der Waals surface area (Å²) in [6.45, 7) is 0.477. The number of nitrogens with two attached hydrogens (primary N) is 1. The molecule has 7 nitrogen and oxygen atoms in total. The second kappa shape index (κ2) is 6.48. The molecule has 0 aliphatic heterocycles. The number of rotatable bonds is 5. The molecule has 0 radical (unpaired) electrons. The third-order valence-electron chi connectivity index (χ3n) is 2.44. The van der Waals surface area contributed by atoms with Gasteiger partial charge in [0.15, 0.2) is 11.5 Å². The lowest BCUT2D eigenvalue weighted by Gasteiger charge is -2.09. The Morgan fingerprint density at radius 2 is 2.15 bits per heavy atom. The molecular formula is C13H14N4O3. The highest BCUT2D eigenvalue weighted by molar-refractivity contribution is 5.97. The molecule has 20 heavy (non-hydrogen) atoms. The molecule has 0 unspecified atom stereocenters. The molecule has 2 aromatic rings. The summed E-state index contributed by atoms with van der Waals surface area (Å²) in [5.74, 6) is 0.561. The van der Waals surface area contributed by atoms with E-state index in [9.17, 15) is 0 Å². The van der Waals surface area contributed by atoms with Gasteiger partial charge < -0.3 is 20.4 Å². The summed E-state index contributed by atoms with van der Waals surface area (Å²) in [7, 11) is 1.62. The van der Waals surface area contributed by atoms with E-state index in [1.165, 1.54) is 12.4 Å². The van der Waals surface area contributed by atoms with Gasteiger partial charge in [0.1, 0.15) is 5.75 Å². The van der Waals surface area contributed by atoms with E-state index in [0.717, 1.165) is 5.56 Å². The Hall–Kier alpha value is -2.67. The van der Waals surface area contributed by atoms with Crippen molar-refractivity contribution < 1.29 is 14.7 Å². The van der Waals surface area contributed by atoms with Gasteiger partial charge in [-0.25, -0.2) is 9.97 Å². The molecule has 1 heterocycles. The smallest absolute Gasteiger partial charge is 0.249 e. The Labute approximate surface area is 115 Å². The standard InChI is InChI=1S/C13H14N4O3/c1-19-8-9-3-2-4-10(7-9)20-13-11(12(14)17-18)15-5-6-16-13/h2-7,18H,8H2,1H3,(H2,14,17). The highest BCUT2D eigenvalue weighted by atomic mass is 16.5. The van der Waals surface area contributed by atoms with Gasteiger partial charge in [-0.2, -0.15) is 0 Å². The number of methoxy groups -OCH3 is 1. The Balaban J connectivity index is 2.28. The van der Waals surface area contributed by atoms with E-state index in [1.54, 1.807) is 13.2 Å². The van der Waals surface area contributed by atoms with Crippen molar-refractivity contribution in [2.24, 2.45) is 10.9 Å².